The minimum Gasteiger partial charge on any atom is -0.326 e. The van der Waals surface area contributed by atoms with Crippen LogP contribution < -0.4 is 10.6 Å². The summed E-state index contributed by atoms with van der Waals surface area (Å²) in [4.78, 5) is 22.7. The maximum Gasteiger partial charge on any atom is 0.221 e. The Morgan fingerprint density at radius 2 is 1.25 bits per heavy atom. The third kappa shape index (κ3) is 2.90. The van der Waals surface area contributed by atoms with Gasteiger partial charge in [-0.25, -0.2) is 8.42 Å². The summed E-state index contributed by atoms with van der Waals surface area (Å²) in [5, 5.41) is 5.19. The molecule has 1 aliphatic rings. The molecule has 2 aromatic rings. The van der Waals surface area contributed by atoms with Crippen LogP contribution in [0.1, 0.15) is 25.0 Å². The Bertz CT molecular complexity index is 893. The lowest BCUT2D eigenvalue weighted by Gasteiger charge is -2.21. The van der Waals surface area contributed by atoms with Gasteiger partial charge in [0.15, 0.2) is 0 Å². The molecule has 2 amide bonds. The molecule has 2 aromatic carbocycles. The lowest BCUT2D eigenvalue weighted by molar-refractivity contribution is -0.115. The van der Waals surface area contributed by atoms with Gasteiger partial charge >= 0.3 is 0 Å². The molecule has 0 aromatic heterocycles. The van der Waals surface area contributed by atoms with Crippen molar-refractivity contribution in [3.8, 4) is 0 Å². The lowest BCUT2D eigenvalue weighted by atomic mass is 10.0. The zero-order chi connectivity index (χ0) is 17.5. The first-order chi connectivity index (χ1) is 11.3. The molecule has 124 valence electrons. The number of anilines is 2. The van der Waals surface area contributed by atoms with E-state index in [4.69, 9.17) is 0 Å². The molecule has 1 aliphatic heterocycles. The summed E-state index contributed by atoms with van der Waals surface area (Å²) in [6.07, 6.45) is 0.477. The molecule has 0 saturated heterocycles. The van der Waals surface area contributed by atoms with Crippen LogP contribution in [-0.4, -0.2) is 20.2 Å². The van der Waals surface area contributed by atoms with Gasteiger partial charge in [-0.2, -0.15) is 0 Å². The maximum atomic E-state index is 12.9. The van der Waals surface area contributed by atoms with E-state index in [1.165, 1.54) is 26.0 Å². The van der Waals surface area contributed by atoms with E-state index in [-0.39, 0.29) is 21.6 Å². The van der Waals surface area contributed by atoms with Gasteiger partial charge in [0.2, 0.25) is 21.7 Å². The molecule has 24 heavy (non-hydrogen) atoms. The number of fused-ring (bicyclic) bond motifs is 2. The highest BCUT2D eigenvalue weighted by atomic mass is 32.2. The molecule has 7 heteroatoms. The lowest BCUT2D eigenvalue weighted by Crippen LogP contribution is -2.16. The van der Waals surface area contributed by atoms with Gasteiger partial charge in [-0.3, -0.25) is 9.59 Å². The van der Waals surface area contributed by atoms with Gasteiger partial charge in [0.05, 0.1) is 9.79 Å². The van der Waals surface area contributed by atoms with Gasteiger partial charge in [-0.05, 0) is 35.4 Å². The highest BCUT2D eigenvalue weighted by Crippen LogP contribution is 2.37. The third-order valence-electron chi connectivity index (χ3n) is 3.73. The molecule has 0 bridgehead atoms. The van der Waals surface area contributed by atoms with Crippen LogP contribution in [0.4, 0.5) is 11.4 Å². The first-order valence-electron chi connectivity index (χ1n) is 7.33. The van der Waals surface area contributed by atoms with E-state index in [0.717, 1.165) is 0 Å². The fourth-order valence-corrected chi connectivity index (χ4v) is 4.56. The smallest absolute Gasteiger partial charge is 0.221 e. The van der Waals surface area contributed by atoms with E-state index in [1.54, 1.807) is 24.3 Å². The molecule has 0 atom stereocenters. The molecule has 3 rings (SSSR count). The van der Waals surface area contributed by atoms with Crippen molar-refractivity contribution in [2.24, 2.45) is 0 Å². The van der Waals surface area contributed by atoms with Gasteiger partial charge in [-0.1, -0.05) is 12.1 Å². The van der Waals surface area contributed by atoms with Crippen molar-refractivity contribution >= 4 is 33.0 Å². The molecular weight excluding hydrogens is 328 g/mol. The third-order valence-corrected chi connectivity index (χ3v) is 5.65. The second-order valence-electron chi connectivity index (χ2n) is 5.69. The number of carbonyl (C=O) groups is 2. The minimum absolute atomic E-state index is 0.182. The van der Waals surface area contributed by atoms with Gasteiger partial charge < -0.3 is 10.6 Å². The number of rotatable bonds is 2. The number of amides is 2. The first-order valence-corrected chi connectivity index (χ1v) is 8.82. The highest BCUT2D eigenvalue weighted by molar-refractivity contribution is 7.91. The molecular formula is C17H16N2O4S. The van der Waals surface area contributed by atoms with Gasteiger partial charge in [0.1, 0.15) is 0 Å². The summed E-state index contributed by atoms with van der Waals surface area (Å²) < 4.78 is 25.9. The van der Waals surface area contributed by atoms with Crippen molar-refractivity contribution in [2.75, 3.05) is 10.6 Å². The van der Waals surface area contributed by atoms with Crippen molar-refractivity contribution in [1.29, 1.82) is 0 Å². The predicted octanol–water partition coefficient (Wildman–Crippen LogP) is 2.34. The summed E-state index contributed by atoms with van der Waals surface area (Å²) in [5.74, 6) is -0.534. The van der Waals surface area contributed by atoms with Crippen LogP contribution in [0, 0.1) is 0 Å². The summed E-state index contributed by atoms with van der Waals surface area (Å²) in [6, 6.07) is 9.74. The molecule has 0 radical (unpaired) electrons. The van der Waals surface area contributed by atoms with E-state index in [1.807, 2.05) is 0 Å². The number of sulfone groups is 1. The standard InChI is InChI=1S/C17H16N2O4S/c1-10(20)18-14-5-3-12-7-13-4-6-15(19-11(2)21)9-17(13)24(22,23)16(12)8-14/h3-6,8-9H,7H2,1-2H3,(H,18,20)(H,19,21). The topological polar surface area (TPSA) is 92.3 Å². The first kappa shape index (κ1) is 16.2. The van der Waals surface area contributed by atoms with Crippen molar-refractivity contribution in [2.45, 2.75) is 30.1 Å². The number of nitrogens with one attached hydrogen (secondary N) is 2. The number of carbonyl (C=O) groups excluding carboxylic acids is 2. The zero-order valence-electron chi connectivity index (χ0n) is 13.2. The molecule has 0 fully saturated rings. The molecule has 6 nitrogen and oxygen atoms in total. The Morgan fingerprint density at radius 1 is 0.833 bits per heavy atom. The van der Waals surface area contributed by atoms with Crippen LogP contribution in [0.25, 0.3) is 0 Å². The Kier molecular flexibility index (Phi) is 3.88. The van der Waals surface area contributed by atoms with E-state index in [9.17, 15) is 18.0 Å². The Labute approximate surface area is 139 Å². The van der Waals surface area contributed by atoms with Gasteiger partial charge in [-0.15, -0.1) is 0 Å². The number of hydrogen-bond acceptors (Lipinski definition) is 4. The molecule has 0 spiro atoms. The zero-order valence-corrected chi connectivity index (χ0v) is 14.0. The normalized spacial score (nSPS) is 14.2. The SMILES string of the molecule is CC(=O)Nc1ccc2c(c1)S(=O)(=O)c1cc(NC(C)=O)ccc1C2. The van der Waals surface area contributed by atoms with E-state index < -0.39 is 9.84 Å². The highest BCUT2D eigenvalue weighted by Gasteiger charge is 2.30. The fourth-order valence-electron chi connectivity index (χ4n) is 2.79. The summed E-state index contributed by atoms with van der Waals surface area (Å²) >= 11 is 0. The van der Waals surface area contributed by atoms with E-state index >= 15 is 0 Å². The van der Waals surface area contributed by atoms with Crippen LogP contribution in [0.15, 0.2) is 46.2 Å². The summed E-state index contributed by atoms with van der Waals surface area (Å²) in [5.41, 5.74) is 2.24. The van der Waals surface area contributed by atoms with Crippen molar-refractivity contribution in [3.05, 3.63) is 47.5 Å². The van der Waals surface area contributed by atoms with E-state index in [2.05, 4.69) is 10.6 Å². The largest absolute Gasteiger partial charge is 0.326 e. The monoisotopic (exact) mass is 344 g/mol. The number of hydrogen-bond donors (Lipinski definition) is 2. The quantitative estimate of drug-likeness (QED) is 0.746. The predicted molar refractivity (Wildman–Crippen MR) is 89.7 cm³/mol. The van der Waals surface area contributed by atoms with Gasteiger partial charge in [0.25, 0.3) is 0 Å². The average Bonchev–Trinajstić information content (AvgIpc) is 2.48. The average molecular weight is 344 g/mol. The van der Waals surface area contributed by atoms with Crippen molar-refractivity contribution < 1.29 is 18.0 Å². The second-order valence-corrected chi connectivity index (χ2v) is 7.57. The second kappa shape index (κ2) is 5.76. The Morgan fingerprint density at radius 3 is 1.62 bits per heavy atom. The summed E-state index contributed by atoms with van der Waals surface area (Å²) in [6.45, 7) is 2.73. The number of benzene rings is 2. The molecule has 0 unspecified atom stereocenters. The minimum atomic E-state index is -3.72. The van der Waals surface area contributed by atoms with Crippen molar-refractivity contribution in [3.63, 3.8) is 0 Å². The van der Waals surface area contributed by atoms with Crippen LogP contribution in [0.2, 0.25) is 0 Å². The molecule has 1 heterocycles. The summed E-state index contributed by atoms with van der Waals surface area (Å²) in [7, 11) is -3.72. The van der Waals surface area contributed by atoms with Crippen LogP contribution in [-0.2, 0) is 25.8 Å². The fraction of sp³-hybridized carbons (Fsp3) is 0.176. The van der Waals surface area contributed by atoms with Crippen LogP contribution in [0.5, 0.6) is 0 Å². The van der Waals surface area contributed by atoms with Gasteiger partial charge in [0, 0.05) is 31.6 Å². The van der Waals surface area contributed by atoms with Crippen molar-refractivity contribution in [1.82, 2.24) is 0 Å². The van der Waals surface area contributed by atoms with Crippen LogP contribution >= 0.6 is 0 Å². The Hall–Kier alpha value is -2.67. The Balaban J connectivity index is 2.10. The molecule has 0 saturated carbocycles. The molecule has 0 aliphatic carbocycles. The van der Waals surface area contributed by atoms with Crippen LogP contribution in [0.3, 0.4) is 0 Å². The maximum absolute atomic E-state index is 12.9. The molecule has 2 N–H and O–H groups in total. The van der Waals surface area contributed by atoms with E-state index in [0.29, 0.717) is 28.9 Å².